The minimum atomic E-state index is -5.38. The Labute approximate surface area is 54.8 Å². The van der Waals surface area contributed by atoms with E-state index in [1.807, 2.05) is 0 Å². The van der Waals surface area contributed by atoms with Crippen molar-refractivity contribution in [2.24, 2.45) is 0 Å². The van der Waals surface area contributed by atoms with Crippen LogP contribution in [0.4, 0.5) is 0 Å². The van der Waals surface area contributed by atoms with E-state index in [2.05, 4.69) is 0 Å². The van der Waals surface area contributed by atoms with Gasteiger partial charge in [0.25, 0.3) is 0 Å². The van der Waals surface area contributed by atoms with Crippen molar-refractivity contribution in [3.8, 4) is 0 Å². The summed E-state index contributed by atoms with van der Waals surface area (Å²) in [5.41, 5.74) is 0. The summed E-state index contributed by atoms with van der Waals surface area (Å²) < 4.78 is 33.1. The molecule has 0 aromatic heterocycles. The molecule has 0 aromatic rings. The summed E-state index contributed by atoms with van der Waals surface area (Å²) >= 11 is -5.38. The third-order valence-electron chi connectivity index (χ3n) is 0. The Kier molecular flexibility index (Phi) is 4.51. The van der Waals surface area contributed by atoms with Gasteiger partial charge in [-0.2, -0.15) is 0 Å². The molecule has 4 nitrogen and oxygen atoms in total. The van der Waals surface area contributed by atoms with E-state index in [-0.39, 0.29) is 25.9 Å². The fourth-order valence-corrected chi connectivity index (χ4v) is 0. The number of hydrogen-bond donors (Lipinski definition) is 1. The second-order valence-electron chi connectivity index (χ2n) is 0.396. The zero-order valence-electron chi connectivity index (χ0n) is 4.76. The standard InChI is InChI=1S/Mg.Mn.H2O.3O.2H/h;;1H2;;;;;/q+2;+1;;;;;2*-1/p-1. The van der Waals surface area contributed by atoms with Gasteiger partial charge in [-0.25, -0.2) is 0 Å². The third-order valence-corrected chi connectivity index (χ3v) is 0. The third kappa shape index (κ3) is 148. The predicted octanol–water partition coefficient (Wildman–Crippen LogP) is -1.07. The molecule has 0 saturated carbocycles. The van der Waals surface area contributed by atoms with Gasteiger partial charge in [0.2, 0.25) is 0 Å². The Balaban J connectivity index is -0.0000000267. The molecule has 0 aliphatic rings. The Morgan fingerprint density at radius 1 is 1.33 bits per heavy atom. The van der Waals surface area contributed by atoms with Gasteiger partial charge < -0.3 is 2.85 Å². The van der Waals surface area contributed by atoms with Crippen LogP contribution < -0.4 is 0 Å². The summed E-state index contributed by atoms with van der Waals surface area (Å²) in [6, 6.07) is 0. The first-order valence-corrected chi connectivity index (χ1v) is 2.61. The van der Waals surface area contributed by atoms with Crippen molar-refractivity contribution in [3.05, 3.63) is 0 Å². The molecule has 0 aliphatic heterocycles. The predicted molar refractivity (Wildman–Crippen MR) is 12.3 cm³/mol. The molecule has 1 N–H and O–H groups in total. The molecule has 0 radical (unpaired) electrons. The van der Waals surface area contributed by atoms with E-state index in [0.29, 0.717) is 0 Å². The van der Waals surface area contributed by atoms with Crippen LogP contribution in [0.25, 0.3) is 0 Å². The van der Waals surface area contributed by atoms with Crippen molar-refractivity contribution < 1.29 is 31.5 Å². The van der Waals surface area contributed by atoms with Crippen LogP contribution in [-0.4, -0.2) is 27.2 Å². The van der Waals surface area contributed by atoms with Crippen LogP contribution in [0.3, 0.4) is 0 Å². The maximum atomic E-state index is 8.69. The first-order valence-electron chi connectivity index (χ1n) is 0.632. The first kappa shape index (κ1) is 9.81. The normalized spacial score (nSPS) is 9.50. The van der Waals surface area contributed by atoms with Gasteiger partial charge in [0.05, 0.1) is 0 Å². The molecule has 6 heavy (non-hydrogen) atoms. The van der Waals surface area contributed by atoms with Gasteiger partial charge in [0.1, 0.15) is 0 Å². The summed E-state index contributed by atoms with van der Waals surface area (Å²) in [5.74, 6) is 0. The molecule has 0 rings (SSSR count). The Hall–Kier alpha value is 0.646. The van der Waals surface area contributed by atoms with Gasteiger partial charge in [-0.05, 0) is 0 Å². The zero-order valence-corrected chi connectivity index (χ0v) is 5.35. The van der Waals surface area contributed by atoms with Crippen LogP contribution in [-0.2, 0) is 24.5 Å². The average Bonchev–Trinajstić information content (AvgIpc) is 0.722. The SMILES string of the molecule is [H-].[H-].[Mg+2].[O]=[Mn](=[O])(=[O])[OH]. The molecule has 0 fully saturated rings. The maximum absolute atomic E-state index is 8.69. The van der Waals surface area contributed by atoms with Crippen molar-refractivity contribution in [1.29, 1.82) is 0 Å². The molecule has 0 amide bonds. The van der Waals surface area contributed by atoms with E-state index in [1.165, 1.54) is 0 Å². The van der Waals surface area contributed by atoms with E-state index in [0.717, 1.165) is 0 Å². The van der Waals surface area contributed by atoms with E-state index < -0.39 is 13.0 Å². The van der Waals surface area contributed by atoms with Crippen LogP contribution in [0.1, 0.15) is 2.85 Å². The quantitative estimate of drug-likeness (QED) is 0.442. The minimum absolute atomic E-state index is 0. The fourth-order valence-electron chi connectivity index (χ4n) is 0. The molecule has 0 unspecified atom stereocenters. The molecule has 0 atom stereocenters. The van der Waals surface area contributed by atoms with E-state index in [1.54, 1.807) is 0 Å². The number of rotatable bonds is 0. The zero-order chi connectivity index (χ0) is 4.50. The van der Waals surface area contributed by atoms with Gasteiger partial charge in [0.15, 0.2) is 0 Å². The molecule has 0 aliphatic carbocycles. The van der Waals surface area contributed by atoms with Gasteiger partial charge in [-0.15, -0.1) is 0 Å². The fraction of sp³-hybridized carbons (Fsp3) is 0. The summed E-state index contributed by atoms with van der Waals surface area (Å²) in [6.45, 7) is 0. The van der Waals surface area contributed by atoms with E-state index in [9.17, 15) is 0 Å². The second-order valence-corrected chi connectivity index (χ2v) is 1.63. The molecule has 0 spiro atoms. The summed E-state index contributed by atoms with van der Waals surface area (Å²) in [5, 5.41) is 0. The van der Waals surface area contributed by atoms with Crippen molar-refractivity contribution in [2.45, 2.75) is 0 Å². The molecule has 0 bridgehead atoms. The summed E-state index contributed by atoms with van der Waals surface area (Å²) in [4.78, 5) is 0. The van der Waals surface area contributed by atoms with E-state index in [4.69, 9.17) is 15.7 Å². The summed E-state index contributed by atoms with van der Waals surface area (Å²) in [6.07, 6.45) is 0. The first-order chi connectivity index (χ1) is 2.00. The average molecular weight is 146 g/mol. The Bertz CT molecular complexity index is 135. The molecular formula is H3MgMnO4. The molecular weight excluding hydrogens is 143 g/mol. The van der Waals surface area contributed by atoms with Crippen molar-refractivity contribution in [3.63, 3.8) is 0 Å². The number of hydrogen-bond acceptors (Lipinski definition) is 3. The van der Waals surface area contributed by atoms with Crippen LogP contribution in [0, 0.1) is 0 Å². The van der Waals surface area contributed by atoms with Gasteiger partial charge in [0, 0.05) is 0 Å². The molecule has 0 heterocycles. The van der Waals surface area contributed by atoms with Crippen molar-refractivity contribution >= 4 is 23.1 Å². The second kappa shape index (κ2) is 2.76. The van der Waals surface area contributed by atoms with Crippen LogP contribution in [0.5, 0.6) is 0 Å². The van der Waals surface area contributed by atoms with Gasteiger partial charge in [-0.1, -0.05) is 0 Å². The molecule has 0 saturated heterocycles. The Morgan fingerprint density at radius 2 is 1.33 bits per heavy atom. The van der Waals surface area contributed by atoms with E-state index >= 15 is 0 Å². The molecule has 6 heteroatoms. The van der Waals surface area contributed by atoms with Crippen LogP contribution in [0.15, 0.2) is 0 Å². The van der Waals surface area contributed by atoms with Crippen LogP contribution in [0.2, 0.25) is 0 Å². The summed E-state index contributed by atoms with van der Waals surface area (Å²) in [7, 11) is 0. The Morgan fingerprint density at radius 3 is 1.33 bits per heavy atom. The van der Waals surface area contributed by atoms with Crippen molar-refractivity contribution in [1.82, 2.24) is 0 Å². The van der Waals surface area contributed by atoms with Gasteiger partial charge in [-0.3, -0.25) is 0 Å². The molecule has 0 aromatic carbocycles. The molecule has 36 valence electrons. The van der Waals surface area contributed by atoms with Crippen LogP contribution >= 0.6 is 0 Å². The van der Waals surface area contributed by atoms with Crippen molar-refractivity contribution in [2.75, 3.05) is 0 Å². The monoisotopic (exact) mass is 146 g/mol. The topological polar surface area (TPSA) is 71.4 Å². The van der Waals surface area contributed by atoms with Gasteiger partial charge >= 0.3 is 51.7 Å².